The van der Waals surface area contributed by atoms with Gasteiger partial charge in [0.05, 0.1) is 28.8 Å². The highest BCUT2D eigenvalue weighted by Crippen LogP contribution is 2.21. The molecule has 2 rings (SSSR count). The van der Waals surface area contributed by atoms with Crippen LogP contribution in [0.5, 0.6) is 0 Å². The van der Waals surface area contributed by atoms with Crippen LogP contribution in [0.1, 0.15) is 21.9 Å². The van der Waals surface area contributed by atoms with Gasteiger partial charge in [-0.2, -0.15) is 5.10 Å². The smallest absolute Gasteiger partial charge is 0.356 e. The average Bonchev–Trinajstić information content (AvgIpc) is 2.57. The Morgan fingerprint density at radius 3 is 2.65 bits per heavy atom. The quantitative estimate of drug-likeness (QED) is 0.879. The lowest BCUT2D eigenvalue weighted by atomic mass is 10.4. The summed E-state index contributed by atoms with van der Waals surface area (Å²) in [4.78, 5) is 18.5. The van der Waals surface area contributed by atoms with Crippen molar-refractivity contribution >= 4 is 17.6 Å². The van der Waals surface area contributed by atoms with Crippen molar-refractivity contribution in [3.05, 3.63) is 34.5 Å². The molecule has 0 spiro atoms. The number of aromatic nitrogens is 4. The molecule has 0 saturated carbocycles. The maximum absolute atomic E-state index is 10.8. The molecule has 0 aromatic carbocycles. The van der Waals surface area contributed by atoms with E-state index >= 15 is 0 Å². The molecule has 0 fully saturated rings. The van der Waals surface area contributed by atoms with Crippen LogP contribution >= 0.6 is 11.6 Å². The van der Waals surface area contributed by atoms with Gasteiger partial charge in [-0.25, -0.2) is 14.5 Å². The van der Waals surface area contributed by atoms with E-state index in [1.54, 1.807) is 13.8 Å². The first-order valence-corrected chi connectivity index (χ1v) is 5.16. The second kappa shape index (κ2) is 4.14. The summed E-state index contributed by atoms with van der Waals surface area (Å²) < 4.78 is 1.47. The molecule has 0 unspecified atom stereocenters. The van der Waals surface area contributed by atoms with Crippen LogP contribution in [0.3, 0.4) is 0 Å². The highest BCUT2D eigenvalue weighted by molar-refractivity contribution is 6.31. The number of aromatic carboxylic acids is 1. The fraction of sp³-hybridized carbons (Fsp3) is 0.200. The lowest BCUT2D eigenvalue weighted by Gasteiger charge is -2.03. The Bertz CT molecular complexity index is 594. The SMILES string of the molecule is Cc1nn(-c2cncc(C(=O)O)n2)c(C)c1Cl. The first kappa shape index (κ1) is 11.5. The molecule has 0 radical (unpaired) electrons. The summed E-state index contributed by atoms with van der Waals surface area (Å²) in [7, 11) is 0. The Balaban J connectivity index is 2.56. The molecule has 6 nitrogen and oxygen atoms in total. The summed E-state index contributed by atoms with van der Waals surface area (Å²) in [5, 5.41) is 13.5. The molecular formula is C10H9ClN4O2. The third kappa shape index (κ3) is 1.99. The van der Waals surface area contributed by atoms with Gasteiger partial charge in [0.2, 0.25) is 0 Å². The Kier molecular flexibility index (Phi) is 2.81. The van der Waals surface area contributed by atoms with Crippen LogP contribution in [0.4, 0.5) is 0 Å². The highest BCUT2D eigenvalue weighted by atomic mass is 35.5. The van der Waals surface area contributed by atoms with E-state index < -0.39 is 5.97 Å². The molecule has 2 aromatic heterocycles. The first-order chi connectivity index (χ1) is 8.00. The zero-order valence-electron chi connectivity index (χ0n) is 9.18. The van der Waals surface area contributed by atoms with Crippen molar-refractivity contribution in [2.75, 3.05) is 0 Å². The molecule has 0 bridgehead atoms. The molecule has 2 aromatic rings. The number of halogens is 1. The predicted molar refractivity (Wildman–Crippen MR) is 60.6 cm³/mol. The van der Waals surface area contributed by atoms with E-state index in [0.29, 0.717) is 22.2 Å². The number of carboxylic acids is 1. The van der Waals surface area contributed by atoms with Gasteiger partial charge in [-0.3, -0.25) is 4.98 Å². The van der Waals surface area contributed by atoms with Gasteiger partial charge in [-0.1, -0.05) is 11.6 Å². The molecule has 88 valence electrons. The van der Waals surface area contributed by atoms with Gasteiger partial charge in [0.1, 0.15) is 0 Å². The molecule has 1 N–H and O–H groups in total. The summed E-state index contributed by atoms with van der Waals surface area (Å²) in [6.45, 7) is 3.54. The minimum atomic E-state index is -1.13. The van der Waals surface area contributed by atoms with Crippen LogP contribution in [-0.4, -0.2) is 30.8 Å². The van der Waals surface area contributed by atoms with Gasteiger partial charge in [-0.05, 0) is 13.8 Å². The fourth-order valence-electron chi connectivity index (χ4n) is 1.41. The normalized spacial score (nSPS) is 10.5. The summed E-state index contributed by atoms with van der Waals surface area (Å²) in [5.41, 5.74) is 1.22. The largest absolute Gasteiger partial charge is 0.476 e. The Labute approximate surface area is 102 Å². The molecule has 0 aliphatic rings. The summed E-state index contributed by atoms with van der Waals surface area (Å²) in [6.07, 6.45) is 2.61. The standard InChI is InChI=1S/C10H9ClN4O2/c1-5-9(11)6(2)15(14-5)8-4-12-3-7(13-8)10(16)17/h3-4H,1-2H3,(H,16,17). The molecule has 0 saturated heterocycles. The molecule has 0 amide bonds. The van der Waals surface area contributed by atoms with E-state index in [2.05, 4.69) is 15.1 Å². The molecule has 17 heavy (non-hydrogen) atoms. The highest BCUT2D eigenvalue weighted by Gasteiger charge is 2.13. The number of rotatable bonds is 2. The summed E-state index contributed by atoms with van der Waals surface area (Å²) in [6, 6.07) is 0. The fourth-order valence-corrected chi connectivity index (χ4v) is 1.53. The first-order valence-electron chi connectivity index (χ1n) is 4.78. The van der Waals surface area contributed by atoms with Crippen molar-refractivity contribution < 1.29 is 9.90 Å². The molecule has 0 aliphatic carbocycles. The number of hydrogen-bond acceptors (Lipinski definition) is 4. The predicted octanol–water partition coefficient (Wildman–Crippen LogP) is 1.63. The van der Waals surface area contributed by atoms with Gasteiger partial charge in [0.25, 0.3) is 0 Å². The third-order valence-electron chi connectivity index (χ3n) is 2.26. The molecule has 0 aliphatic heterocycles. The van der Waals surface area contributed by atoms with Gasteiger partial charge < -0.3 is 5.11 Å². The van der Waals surface area contributed by atoms with Crippen molar-refractivity contribution in [3.63, 3.8) is 0 Å². The van der Waals surface area contributed by atoms with Crippen LogP contribution in [0.25, 0.3) is 5.82 Å². The van der Waals surface area contributed by atoms with Crippen LogP contribution < -0.4 is 0 Å². The number of carbonyl (C=O) groups is 1. The maximum Gasteiger partial charge on any atom is 0.356 e. The Morgan fingerprint density at radius 2 is 2.12 bits per heavy atom. The minimum absolute atomic E-state index is 0.133. The molecule has 7 heteroatoms. The van der Waals surface area contributed by atoms with E-state index in [1.165, 1.54) is 17.1 Å². The molecule has 2 heterocycles. The zero-order chi connectivity index (χ0) is 12.6. The summed E-state index contributed by atoms with van der Waals surface area (Å²) >= 11 is 6.00. The second-order valence-corrected chi connectivity index (χ2v) is 3.84. The van der Waals surface area contributed by atoms with Crippen molar-refractivity contribution in [1.29, 1.82) is 0 Å². The van der Waals surface area contributed by atoms with E-state index in [9.17, 15) is 4.79 Å². The topological polar surface area (TPSA) is 80.9 Å². The molecular weight excluding hydrogens is 244 g/mol. The van der Waals surface area contributed by atoms with Crippen LogP contribution in [0.2, 0.25) is 5.02 Å². The second-order valence-electron chi connectivity index (χ2n) is 3.46. The average molecular weight is 253 g/mol. The number of aryl methyl sites for hydroxylation is 1. The van der Waals surface area contributed by atoms with Gasteiger partial charge in [-0.15, -0.1) is 0 Å². The number of hydrogen-bond donors (Lipinski definition) is 1. The number of carboxylic acid groups (broad SMARTS) is 1. The minimum Gasteiger partial charge on any atom is -0.476 e. The van der Waals surface area contributed by atoms with Crippen molar-refractivity contribution in [1.82, 2.24) is 19.7 Å². The monoisotopic (exact) mass is 252 g/mol. The van der Waals surface area contributed by atoms with Crippen LogP contribution in [0.15, 0.2) is 12.4 Å². The Hall–Kier alpha value is -1.95. The van der Waals surface area contributed by atoms with E-state index in [1.807, 2.05) is 0 Å². The third-order valence-corrected chi connectivity index (χ3v) is 2.81. The van der Waals surface area contributed by atoms with Crippen LogP contribution in [0, 0.1) is 13.8 Å². The zero-order valence-corrected chi connectivity index (χ0v) is 9.93. The van der Waals surface area contributed by atoms with E-state index in [-0.39, 0.29) is 5.69 Å². The Morgan fingerprint density at radius 1 is 1.41 bits per heavy atom. The van der Waals surface area contributed by atoms with Gasteiger partial charge in [0, 0.05) is 0 Å². The van der Waals surface area contributed by atoms with E-state index in [4.69, 9.17) is 16.7 Å². The van der Waals surface area contributed by atoms with Crippen LogP contribution in [-0.2, 0) is 0 Å². The lowest BCUT2D eigenvalue weighted by Crippen LogP contribution is -2.08. The van der Waals surface area contributed by atoms with Gasteiger partial charge >= 0.3 is 5.97 Å². The summed E-state index contributed by atoms with van der Waals surface area (Å²) in [5.74, 6) is -0.802. The van der Waals surface area contributed by atoms with Crippen molar-refractivity contribution in [2.24, 2.45) is 0 Å². The molecule has 0 atom stereocenters. The van der Waals surface area contributed by atoms with E-state index in [0.717, 1.165) is 0 Å². The van der Waals surface area contributed by atoms with Crippen molar-refractivity contribution in [2.45, 2.75) is 13.8 Å². The lowest BCUT2D eigenvalue weighted by molar-refractivity contribution is 0.0690. The van der Waals surface area contributed by atoms with Crippen molar-refractivity contribution in [3.8, 4) is 5.82 Å². The number of nitrogens with zero attached hydrogens (tertiary/aromatic N) is 4. The maximum atomic E-state index is 10.8. The van der Waals surface area contributed by atoms with Gasteiger partial charge in [0.15, 0.2) is 11.5 Å².